The Hall–Kier alpha value is -4.01. The van der Waals surface area contributed by atoms with Crippen LogP contribution in [0.25, 0.3) is 0 Å². The molecular weight excluding hydrogens is 388 g/mol. The van der Waals surface area contributed by atoms with E-state index in [0.29, 0.717) is 23.8 Å². The molecule has 0 radical (unpaired) electrons. The second-order valence-corrected chi connectivity index (χ2v) is 6.61. The van der Waals surface area contributed by atoms with Crippen molar-refractivity contribution in [3.05, 3.63) is 60.6 Å². The third kappa shape index (κ3) is 4.52. The second-order valence-electron chi connectivity index (χ2n) is 6.61. The Morgan fingerprint density at radius 2 is 1.93 bits per heavy atom. The molecule has 0 atom stereocenters. The fourth-order valence-electron chi connectivity index (χ4n) is 2.73. The standard InChI is InChI=1S/C21H20N4O5/c1-25(2)15-5-3-14(4-6-15)10-23-21(26)30-19-11-22-12-24-20(19)29-16-7-8-17-18(9-16)28-13-27-17/h3-9,11-12H,10,13H2,1-2H3,(H,23,26). The van der Waals surface area contributed by atoms with Crippen molar-refractivity contribution in [2.24, 2.45) is 0 Å². The smallest absolute Gasteiger partial charge is 0.413 e. The van der Waals surface area contributed by atoms with E-state index in [-0.39, 0.29) is 18.4 Å². The summed E-state index contributed by atoms with van der Waals surface area (Å²) in [5, 5.41) is 2.70. The van der Waals surface area contributed by atoms with Gasteiger partial charge in [0.25, 0.3) is 5.88 Å². The maximum Gasteiger partial charge on any atom is 0.413 e. The lowest BCUT2D eigenvalue weighted by molar-refractivity contribution is 0.174. The van der Waals surface area contributed by atoms with E-state index in [4.69, 9.17) is 18.9 Å². The lowest BCUT2D eigenvalue weighted by Crippen LogP contribution is -2.26. The van der Waals surface area contributed by atoms with Gasteiger partial charge in [-0.25, -0.2) is 9.78 Å². The van der Waals surface area contributed by atoms with Crippen molar-refractivity contribution in [3.63, 3.8) is 0 Å². The number of anilines is 1. The molecule has 4 rings (SSSR count). The Labute approximate surface area is 173 Å². The highest BCUT2D eigenvalue weighted by molar-refractivity contribution is 5.71. The fourth-order valence-corrected chi connectivity index (χ4v) is 2.73. The molecule has 0 spiro atoms. The molecule has 0 saturated carbocycles. The number of rotatable bonds is 6. The fraction of sp³-hybridized carbons (Fsp3) is 0.190. The zero-order chi connectivity index (χ0) is 20.9. The van der Waals surface area contributed by atoms with Gasteiger partial charge in [0, 0.05) is 32.4 Å². The summed E-state index contributed by atoms with van der Waals surface area (Å²) in [6.45, 7) is 0.483. The van der Waals surface area contributed by atoms with Crippen molar-refractivity contribution >= 4 is 11.8 Å². The van der Waals surface area contributed by atoms with Gasteiger partial charge >= 0.3 is 6.09 Å². The quantitative estimate of drug-likeness (QED) is 0.664. The summed E-state index contributed by atoms with van der Waals surface area (Å²) in [6.07, 6.45) is 2.03. The number of carbonyl (C=O) groups is 1. The van der Waals surface area contributed by atoms with Crippen LogP contribution < -0.4 is 29.2 Å². The largest absolute Gasteiger partial charge is 0.454 e. The number of fused-ring (bicyclic) bond motifs is 1. The van der Waals surface area contributed by atoms with Gasteiger partial charge in [0.15, 0.2) is 11.5 Å². The highest BCUT2D eigenvalue weighted by Gasteiger charge is 2.17. The zero-order valence-electron chi connectivity index (χ0n) is 16.5. The van der Waals surface area contributed by atoms with Crippen LogP contribution in [0.3, 0.4) is 0 Å². The summed E-state index contributed by atoms with van der Waals surface area (Å²) in [6, 6.07) is 12.9. The van der Waals surface area contributed by atoms with Gasteiger partial charge in [0.05, 0.1) is 6.20 Å². The number of nitrogens with one attached hydrogen (secondary N) is 1. The minimum atomic E-state index is -0.642. The van der Waals surface area contributed by atoms with Crippen LogP contribution in [0.15, 0.2) is 55.0 Å². The van der Waals surface area contributed by atoms with E-state index < -0.39 is 6.09 Å². The molecule has 30 heavy (non-hydrogen) atoms. The number of carbonyl (C=O) groups excluding carboxylic acids is 1. The lowest BCUT2D eigenvalue weighted by atomic mass is 10.2. The monoisotopic (exact) mass is 408 g/mol. The van der Waals surface area contributed by atoms with Crippen LogP contribution in [0.1, 0.15) is 5.56 Å². The minimum absolute atomic E-state index is 0.0932. The molecule has 0 fully saturated rings. The van der Waals surface area contributed by atoms with Crippen molar-refractivity contribution in [2.45, 2.75) is 6.54 Å². The molecule has 9 heteroatoms. The topological polar surface area (TPSA) is 95.0 Å². The molecule has 0 saturated heterocycles. The summed E-state index contributed by atoms with van der Waals surface area (Å²) in [5.74, 6) is 1.87. The van der Waals surface area contributed by atoms with Crippen molar-refractivity contribution in [2.75, 3.05) is 25.8 Å². The van der Waals surface area contributed by atoms with Crippen LogP contribution in [-0.4, -0.2) is 36.9 Å². The number of aromatic nitrogens is 2. The first kappa shape index (κ1) is 19.3. The Morgan fingerprint density at radius 3 is 2.73 bits per heavy atom. The van der Waals surface area contributed by atoms with E-state index in [1.807, 2.05) is 43.3 Å². The average molecular weight is 408 g/mol. The highest BCUT2D eigenvalue weighted by atomic mass is 16.7. The molecule has 1 aliphatic heterocycles. The molecule has 2 heterocycles. The molecule has 2 aromatic carbocycles. The molecule has 1 amide bonds. The van der Waals surface area contributed by atoms with Gasteiger partial charge in [-0.3, -0.25) is 0 Å². The summed E-state index contributed by atoms with van der Waals surface area (Å²) >= 11 is 0. The molecule has 0 aliphatic carbocycles. The summed E-state index contributed by atoms with van der Waals surface area (Å²) in [5.41, 5.74) is 2.02. The normalized spacial score (nSPS) is 11.7. The molecule has 1 aliphatic rings. The SMILES string of the molecule is CN(C)c1ccc(CNC(=O)Oc2cncnc2Oc2ccc3c(c2)OCO3)cc1. The molecular formula is C21H20N4O5. The molecule has 0 unspecified atom stereocenters. The zero-order valence-corrected chi connectivity index (χ0v) is 16.5. The van der Waals surface area contributed by atoms with E-state index in [2.05, 4.69) is 15.3 Å². The predicted molar refractivity (Wildman–Crippen MR) is 108 cm³/mol. The number of benzene rings is 2. The second kappa shape index (κ2) is 8.56. The minimum Gasteiger partial charge on any atom is -0.454 e. The molecule has 0 bridgehead atoms. The van der Waals surface area contributed by atoms with Crippen LogP contribution in [0.5, 0.6) is 28.9 Å². The highest BCUT2D eigenvalue weighted by Crippen LogP contribution is 2.37. The number of nitrogens with zero attached hydrogens (tertiary/aromatic N) is 3. The van der Waals surface area contributed by atoms with Crippen LogP contribution in [0, 0.1) is 0 Å². The Morgan fingerprint density at radius 1 is 1.13 bits per heavy atom. The van der Waals surface area contributed by atoms with Crippen LogP contribution in [0.4, 0.5) is 10.5 Å². The van der Waals surface area contributed by atoms with Gasteiger partial charge in [-0.15, -0.1) is 0 Å². The first-order valence-corrected chi connectivity index (χ1v) is 9.18. The Kier molecular flexibility index (Phi) is 5.51. The van der Waals surface area contributed by atoms with Crippen molar-refractivity contribution in [1.82, 2.24) is 15.3 Å². The van der Waals surface area contributed by atoms with E-state index in [9.17, 15) is 4.79 Å². The van der Waals surface area contributed by atoms with Gasteiger partial charge in [0.1, 0.15) is 12.1 Å². The van der Waals surface area contributed by atoms with E-state index in [1.165, 1.54) is 12.5 Å². The van der Waals surface area contributed by atoms with Gasteiger partial charge in [-0.05, 0) is 29.8 Å². The number of hydrogen-bond donors (Lipinski definition) is 1. The van der Waals surface area contributed by atoms with Crippen molar-refractivity contribution < 1.29 is 23.7 Å². The van der Waals surface area contributed by atoms with E-state index in [1.54, 1.807) is 18.2 Å². The van der Waals surface area contributed by atoms with Gasteiger partial charge in [-0.2, -0.15) is 4.98 Å². The molecule has 9 nitrogen and oxygen atoms in total. The predicted octanol–water partition coefficient (Wildman–Crippen LogP) is 3.35. The van der Waals surface area contributed by atoms with Gasteiger partial charge in [0.2, 0.25) is 12.5 Å². The van der Waals surface area contributed by atoms with Crippen molar-refractivity contribution in [1.29, 1.82) is 0 Å². The van der Waals surface area contributed by atoms with Gasteiger partial charge in [-0.1, -0.05) is 12.1 Å². The van der Waals surface area contributed by atoms with Crippen LogP contribution in [0.2, 0.25) is 0 Å². The summed E-state index contributed by atoms with van der Waals surface area (Å²) < 4.78 is 21.7. The average Bonchev–Trinajstić information content (AvgIpc) is 3.22. The van der Waals surface area contributed by atoms with E-state index in [0.717, 1.165) is 11.3 Å². The Balaban J connectivity index is 1.38. The summed E-state index contributed by atoms with van der Waals surface area (Å²) in [4.78, 5) is 22.2. The first-order valence-electron chi connectivity index (χ1n) is 9.18. The maximum atomic E-state index is 12.2. The van der Waals surface area contributed by atoms with Gasteiger partial charge < -0.3 is 29.2 Å². The third-order valence-corrected chi connectivity index (χ3v) is 4.30. The maximum absolute atomic E-state index is 12.2. The van der Waals surface area contributed by atoms with Crippen molar-refractivity contribution in [3.8, 4) is 28.9 Å². The molecule has 154 valence electrons. The van der Waals surface area contributed by atoms with Crippen LogP contribution in [-0.2, 0) is 6.54 Å². The molecule has 1 aromatic heterocycles. The first-order chi connectivity index (χ1) is 14.6. The number of amides is 1. The van der Waals surface area contributed by atoms with Crippen LogP contribution >= 0.6 is 0 Å². The summed E-state index contributed by atoms with van der Waals surface area (Å²) in [7, 11) is 3.94. The Bertz CT molecular complexity index is 1040. The number of ether oxygens (including phenoxy) is 4. The molecule has 1 N–H and O–H groups in total. The molecule has 3 aromatic rings. The number of hydrogen-bond acceptors (Lipinski definition) is 8. The lowest BCUT2D eigenvalue weighted by Gasteiger charge is -2.13. The van der Waals surface area contributed by atoms with E-state index >= 15 is 0 Å². The third-order valence-electron chi connectivity index (χ3n) is 4.30.